The van der Waals surface area contributed by atoms with Gasteiger partial charge in [-0.1, -0.05) is 51.8 Å². The summed E-state index contributed by atoms with van der Waals surface area (Å²) in [4.78, 5) is 12.4. The van der Waals surface area contributed by atoms with Crippen LogP contribution in [0.2, 0.25) is 0 Å². The summed E-state index contributed by atoms with van der Waals surface area (Å²) in [6.07, 6.45) is 4.50. The van der Waals surface area contributed by atoms with Gasteiger partial charge in [-0.05, 0) is 24.3 Å². The van der Waals surface area contributed by atoms with Gasteiger partial charge in [0.2, 0.25) is 5.91 Å². The van der Waals surface area contributed by atoms with Gasteiger partial charge in [0, 0.05) is 17.5 Å². The molecule has 0 saturated heterocycles. The molecule has 4 nitrogen and oxygen atoms in total. The van der Waals surface area contributed by atoms with Crippen molar-refractivity contribution in [3.05, 3.63) is 29.8 Å². The second kappa shape index (κ2) is 6.91. The van der Waals surface area contributed by atoms with Gasteiger partial charge in [0.15, 0.2) is 0 Å². The van der Waals surface area contributed by atoms with E-state index in [4.69, 9.17) is 10.5 Å². The van der Waals surface area contributed by atoms with Crippen LogP contribution < -0.4 is 15.8 Å². The number of methoxy groups -OCH3 is 1. The zero-order chi connectivity index (χ0) is 17.1. The molecule has 4 heteroatoms. The zero-order valence-electron chi connectivity index (χ0n) is 14.8. The standard InChI is InChI=1S/C19H30N2O2/c1-18(2,3)16(20)17(22)21-13-19(11-7-8-12-19)14-9-5-6-10-15(14)23-4/h5-6,9-10,16H,7-8,11-13,20H2,1-4H3,(H,21,22)/t16-/m1/s1. The van der Waals surface area contributed by atoms with Crippen molar-refractivity contribution in [2.24, 2.45) is 11.1 Å². The van der Waals surface area contributed by atoms with Crippen LogP contribution >= 0.6 is 0 Å². The summed E-state index contributed by atoms with van der Waals surface area (Å²) < 4.78 is 5.55. The third-order valence-corrected chi connectivity index (χ3v) is 5.06. The number of nitrogens with two attached hydrogens (primary N) is 1. The number of hydrogen-bond acceptors (Lipinski definition) is 3. The minimum absolute atomic E-state index is 0.0418. The Morgan fingerprint density at radius 2 is 1.91 bits per heavy atom. The van der Waals surface area contributed by atoms with Gasteiger partial charge in [-0.2, -0.15) is 0 Å². The zero-order valence-corrected chi connectivity index (χ0v) is 14.8. The molecule has 0 unspecified atom stereocenters. The molecule has 1 atom stereocenters. The van der Waals surface area contributed by atoms with Crippen LogP contribution in [0.3, 0.4) is 0 Å². The van der Waals surface area contributed by atoms with Gasteiger partial charge in [0.1, 0.15) is 5.75 Å². The van der Waals surface area contributed by atoms with E-state index in [0.717, 1.165) is 18.6 Å². The van der Waals surface area contributed by atoms with E-state index in [1.807, 2.05) is 39.0 Å². The molecular weight excluding hydrogens is 288 g/mol. The first-order chi connectivity index (χ1) is 10.8. The maximum absolute atomic E-state index is 12.4. The first-order valence-electron chi connectivity index (χ1n) is 8.47. The molecule has 0 radical (unpaired) electrons. The van der Waals surface area contributed by atoms with E-state index in [2.05, 4.69) is 11.4 Å². The number of para-hydroxylation sites is 1. The van der Waals surface area contributed by atoms with E-state index in [9.17, 15) is 4.79 Å². The lowest BCUT2D eigenvalue weighted by molar-refractivity contribution is -0.124. The SMILES string of the molecule is COc1ccccc1C1(CNC(=O)[C@@H](N)C(C)(C)C)CCCC1. The topological polar surface area (TPSA) is 64.3 Å². The molecule has 1 aromatic carbocycles. The summed E-state index contributed by atoms with van der Waals surface area (Å²) >= 11 is 0. The molecule has 128 valence electrons. The number of hydrogen-bond donors (Lipinski definition) is 2. The molecular formula is C19H30N2O2. The molecule has 3 N–H and O–H groups in total. The predicted molar refractivity (Wildman–Crippen MR) is 93.6 cm³/mol. The highest BCUT2D eigenvalue weighted by atomic mass is 16.5. The Kier molecular flexibility index (Phi) is 5.35. The van der Waals surface area contributed by atoms with Gasteiger partial charge < -0.3 is 15.8 Å². The van der Waals surface area contributed by atoms with Crippen molar-refractivity contribution < 1.29 is 9.53 Å². The second-order valence-electron chi connectivity index (χ2n) is 7.75. The maximum atomic E-state index is 12.4. The lowest BCUT2D eigenvalue weighted by Crippen LogP contribution is -2.51. The summed E-state index contributed by atoms with van der Waals surface area (Å²) in [7, 11) is 1.70. The van der Waals surface area contributed by atoms with E-state index < -0.39 is 6.04 Å². The molecule has 0 aliphatic heterocycles. The second-order valence-corrected chi connectivity index (χ2v) is 7.75. The molecule has 1 aliphatic carbocycles. The Bertz CT molecular complexity index is 543. The van der Waals surface area contributed by atoms with E-state index in [1.54, 1.807) is 7.11 Å². The first-order valence-corrected chi connectivity index (χ1v) is 8.47. The van der Waals surface area contributed by atoms with Gasteiger partial charge in [-0.3, -0.25) is 4.79 Å². The van der Waals surface area contributed by atoms with Crippen molar-refractivity contribution in [3.63, 3.8) is 0 Å². The van der Waals surface area contributed by atoms with Crippen LogP contribution in [-0.2, 0) is 10.2 Å². The van der Waals surface area contributed by atoms with Crippen LogP contribution in [0, 0.1) is 5.41 Å². The summed E-state index contributed by atoms with van der Waals surface area (Å²) in [6, 6.07) is 7.65. The van der Waals surface area contributed by atoms with E-state index in [-0.39, 0.29) is 16.7 Å². The quantitative estimate of drug-likeness (QED) is 0.877. The fourth-order valence-electron chi connectivity index (χ4n) is 3.44. The molecule has 0 aromatic heterocycles. The maximum Gasteiger partial charge on any atom is 0.237 e. The normalized spacial score (nSPS) is 18.5. The first kappa shape index (κ1) is 17.8. The lowest BCUT2D eigenvalue weighted by atomic mass is 9.78. The van der Waals surface area contributed by atoms with Crippen LogP contribution in [0.1, 0.15) is 52.0 Å². The lowest BCUT2D eigenvalue weighted by Gasteiger charge is -2.33. The number of carbonyl (C=O) groups is 1. The highest BCUT2D eigenvalue weighted by Crippen LogP contribution is 2.44. The number of rotatable bonds is 5. The van der Waals surface area contributed by atoms with Gasteiger partial charge in [-0.25, -0.2) is 0 Å². The Hall–Kier alpha value is -1.55. The van der Waals surface area contributed by atoms with E-state index in [0.29, 0.717) is 6.54 Å². The van der Waals surface area contributed by atoms with Crippen molar-refractivity contribution in [2.45, 2.75) is 57.9 Å². The number of carbonyl (C=O) groups excluding carboxylic acids is 1. The van der Waals surface area contributed by atoms with Gasteiger partial charge in [0.05, 0.1) is 13.2 Å². The Morgan fingerprint density at radius 1 is 1.30 bits per heavy atom. The third-order valence-electron chi connectivity index (χ3n) is 5.06. The molecule has 1 fully saturated rings. The largest absolute Gasteiger partial charge is 0.496 e. The van der Waals surface area contributed by atoms with E-state index in [1.165, 1.54) is 18.4 Å². The van der Waals surface area contributed by atoms with Crippen LogP contribution in [0.25, 0.3) is 0 Å². The van der Waals surface area contributed by atoms with Crippen LogP contribution in [-0.4, -0.2) is 25.6 Å². The van der Waals surface area contributed by atoms with Gasteiger partial charge in [-0.15, -0.1) is 0 Å². The Morgan fingerprint density at radius 3 is 2.48 bits per heavy atom. The summed E-state index contributed by atoms with van der Waals surface area (Å²) in [5, 5.41) is 3.10. The third kappa shape index (κ3) is 3.86. The van der Waals surface area contributed by atoms with Gasteiger partial charge >= 0.3 is 0 Å². The van der Waals surface area contributed by atoms with Crippen molar-refractivity contribution in [1.82, 2.24) is 5.32 Å². The molecule has 0 heterocycles. The van der Waals surface area contributed by atoms with Crippen molar-refractivity contribution in [1.29, 1.82) is 0 Å². The van der Waals surface area contributed by atoms with Crippen molar-refractivity contribution in [3.8, 4) is 5.75 Å². The monoisotopic (exact) mass is 318 g/mol. The summed E-state index contributed by atoms with van der Waals surface area (Å²) in [5.41, 5.74) is 7.00. The van der Waals surface area contributed by atoms with Crippen molar-refractivity contribution >= 4 is 5.91 Å². The molecule has 1 aliphatic rings. The molecule has 1 saturated carbocycles. The highest BCUT2D eigenvalue weighted by Gasteiger charge is 2.39. The predicted octanol–water partition coefficient (Wildman–Crippen LogP) is 3.00. The fourth-order valence-corrected chi connectivity index (χ4v) is 3.44. The molecule has 0 spiro atoms. The molecule has 23 heavy (non-hydrogen) atoms. The number of ether oxygens (including phenoxy) is 1. The Balaban J connectivity index is 2.18. The average Bonchev–Trinajstić information content (AvgIpc) is 3.01. The number of amides is 1. The summed E-state index contributed by atoms with van der Waals surface area (Å²) in [6.45, 7) is 6.59. The average molecular weight is 318 g/mol. The highest BCUT2D eigenvalue weighted by molar-refractivity contribution is 5.82. The number of nitrogens with one attached hydrogen (secondary N) is 1. The minimum atomic E-state index is -0.501. The fraction of sp³-hybridized carbons (Fsp3) is 0.632. The van der Waals surface area contributed by atoms with Crippen LogP contribution in [0.15, 0.2) is 24.3 Å². The minimum Gasteiger partial charge on any atom is -0.496 e. The summed E-state index contributed by atoms with van der Waals surface area (Å²) in [5.74, 6) is 0.836. The molecule has 0 bridgehead atoms. The van der Waals surface area contributed by atoms with E-state index >= 15 is 0 Å². The molecule has 1 amide bonds. The number of benzene rings is 1. The molecule has 2 rings (SSSR count). The van der Waals surface area contributed by atoms with Crippen molar-refractivity contribution in [2.75, 3.05) is 13.7 Å². The van der Waals surface area contributed by atoms with Crippen LogP contribution in [0.5, 0.6) is 5.75 Å². The Labute approximate surface area is 139 Å². The molecule has 1 aromatic rings. The van der Waals surface area contributed by atoms with Gasteiger partial charge in [0.25, 0.3) is 0 Å². The van der Waals surface area contributed by atoms with Crippen LogP contribution in [0.4, 0.5) is 0 Å². The smallest absolute Gasteiger partial charge is 0.237 e.